The van der Waals surface area contributed by atoms with Gasteiger partial charge in [-0.1, -0.05) is 19.0 Å². The zero-order chi connectivity index (χ0) is 20.3. The maximum atomic E-state index is 12.6. The van der Waals surface area contributed by atoms with E-state index in [2.05, 4.69) is 15.5 Å². The molecule has 0 aliphatic heterocycles. The van der Waals surface area contributed by atoms with Crippen molar-refractivity contribution in [1.29, 1.82) is 0 Å². The normalized spacial score (nSPS) is 11.7. The highest BCUT2D eigenvalue weighted by Gasteiger charge is 2.22. The van der Waals surface area contributed by atoms with Gasteiger partial charge in [-0.05, 0) is 42.6 Å². The third-order valence-electron chi connectivity index (χ3n) is 4.09. The van der Waals surface area contributed by atoms with Gasteiger partial charge in [0.05, 0.1) is 10.6 Å². The fourth-order valence-electron chi connectivity index (χ4n) is 2.65. The third kappa shape index (κ3) is 3.98. The van der Waals surface area contributed by atoms with E-state index in [0.717, 1.165) is 0 Å². The molecule has 1 amide bonds. The number of carbonyl (C=O) groups is 1. The van der Waals surface area contributed by atoms with Gasteiger partial charge in [0.1, 0.15) is 4.88 Å². The first-order chi connectivity index (χ1) is 13.4. The molecular formula is C18H20N4O4S2. The Kier molecular flexibility index (Phi) is 5.92. The van der Waals surface area contributed by atoms with Crippen LogP contribution in [0, 0.1) is 6.92 Å². The van der Waals surface area contributed by atoms with Gasteiger partial charge in [-0.3, -0.25) is 4.79 Å². The van der Waals surface area contributed by atoms with Crippen LogP contribution in [0.1, 0.15) is 30.0 Å². The van der Waals surface area contributed by atoms with Crippen LogP contribution in [-0.2, 0) is 10.0 Å². The van der Waals surface area contributed by atoms with Crippen molar-refractivity contribution in [3.8, 4) is 10.8 Å². The summed E-state index contributed by atoms with van der Waals surface area (Å²) < 4.78 is 31.6. The lowest BCUT2D eigenvalue weighted by Gasteiger charge is -2.18. The fraction of sp³-hybridized carbons (Fsp3) is 0.278. The van der Waals surface area contributed by atoms with Crippen molar-refractivity contribution >= 4 is 33.0 Å². The summed E-state index contributed by atoms with van der Waals surface area (Å²) in [5, 5.41) is 8.37. The molecule has 28 heavy (non-hydrogen) atoms. The average molecular weight is 421 g/mol. The first-order valence-electron chi connectivity index (χ1n) is 8.66. The van der Waals surface area contributed by atoms with Gasteiger partial charge in [-0.15, -0.1) is 11.3 Å². The van der Waals surface area contributed by atoms with Gasteiger partial charge in [0.2, 0.25) is 10.0 Å². The van der Waals surface area contributed by atoms with E-state index in [1.165, 1.54) is 39.9 Å². The number of sulfonamides is 1. The predicted octanol–water partition coefficient (Wildman–Crippen LogP) is 3.39. The Hall–Kier alpha value is -2.56. The molecule has 0 spiro atoms. The molecule has 0 atom stereocenters. The summed E-state index contributed by atoms with van der Waals surface area (Å²) in [5.41, 5.74) is 0.899. The molecule has 10 heteroatoms. The summed E-state index contributed by atoms with van der Waals surface area (Å²) in [6, 6.07) is 7.62. The minimum Gasteiger partial charge on any atom is -0.333 e. The number of carbonyl (C=O) groups excluding carboxylic acids is 1. The van der Waals surface area contributed by atoms with E-state index in [-0.39, 0.29) is 10.8 Å². The van der Waals surface area contributed by atoms with E-state index in [4.69, 9.17) is 4.52 Å². The van der Waals surface area contributed by atoms with Crippen LogP contribution in [0.5, 0.6) is 0 Å². The number of amides is 1. The topological polar surface area (TPSA) is 105 Å². The smallest absolute Gasteiger partial charge is 0.270 e. The van der Waals surface area contributed by atoms with Crippen LogP contribution in [0.2, 0.25) is 0 Å². The average Bonchev–Trinajstić information content (AvgIpc) is 3.31. The quantitative estimate of drug-likeness (QED) is 0.628. The number of anilines is 1. The van der Waals surface area contributed by atoms with Gasteiger partial charge >= 0.3 is 0 Å². The number of nitrogens with one attached hydrogen (secondary N) is 1. The molecule has 1 N–H and O–H groups in total. The minimum absolute atomic E-state index is 0.158. The summed E-state index contributed by atoms with van der Waals surface area (Å²) in [7, 11) is -3.56. The Morgan fingerprint density at radius 3 is 2.43 bits per heavy atom. The van der Waals surface area contributed by atoms with Crippen LogP contribution in [-0.4, -0.2) is 41.9 Å². The van der Waals surface area contributed by atoms with Crippen LogP contribution >= 0.6 is 11.3 Å². The molecule has 0 saturated carbocycles. The molecule has 0 bridgehead atoms. The number of hydrogen-bond acceptors (Lipinski definition) is 7. The standard InChI is InChI=1S/C18H20N4O4S2/c1-4-22(5-2)28(24,25)14-8-6-13(7-9-14)17(23)20-15-10-11-27-16(15)18-19-12(3)21-26-18/h6-11H,4-5H2,1-3H3,(H,20,23). The van der Waals surface area contributed by atoms with Crippen LogP contribution in [0.3, 0.4) is 0 Å². The van der Waals surface area contributed by atoms with E-state index < -0.39 is 10.0 Å². The Labute approximate surface area is 167 Å². The van der Waals surface area contributed by atoms with E-state index in [0.29, 0.717) is 40.9 Å². The summed E-state index contributed by atoms with van der Waals surface area (Å²) in [5.74, 6) is 0.483. The molecule has 3 rings (SSSR count). The second kappa shape index (κ2) is 8.21. The summed E-state index contributed by atoms with van der Waals surface area (Å²) in [6.07, 6.45) is 0. The van der Waals surface area contributed by atoms with Crippen molar-refractivity contribution in [3.05, 3.63) is 47.1 Å². The number of aromatic nitrogens is 2. The number of benzene rings is 1. The molecule has 0 aliphatic carbocycles. The van der Waals surface area contributed by atoms with Crippen LogP contribution < -0.4 is 5.32 Å². The fourth-order valence-corrected chi connectivity index (χ4v) is 4.88. The lowest BCUT2D eigenvalue weighted by atomic mass is 10.2. The van der Waals surface area contributed by atoms with Crippen LogP contribution in [0.25, 0.3) is 10.8 Å². The molecule has 3 aromatic rings. The number of hydrogen-bond donors (Lipinski definition) is 1. The lowest BCUT2D eigenvalue weighted by molar-refractivity contribution is 0.102. The van der Waals surface area contributed by atoms with Crippen molar-refractivity contribution in [1.82, 2.24) is 14.4 Å². The molecular weight excluding hydrogens is 400 g/mol. The van der Waals surface area contributed by atoms with Gasteiger partial charge in [-0.25, -0.2) is 8.42 Å². The summed E-state index contributed by atoms with van der Waals surface area (Å²) in [6.45, 7) is 6.05. The molecule has 0 aliphatic rings. The van der Waals surface area contributed by atoms with Crippen molar-refractivity contribution in [3.63, 3.8) is 0 Å². The van der Waals surface area contributed by atoms with Crippen LogP contribution in [0.15, 0.2) is 45.1 Å². The maximum Gasteiger partial charge on any atom is 0.270 e. The lowest BCUT2D eigenvalue weighted by Crippen LogP contribution is -2.30. The van der Waals surface area contributed by atoms with Crippen LogP contribution in [0.4, 0.5) is 5.69 Å². The number of rotatable bonds is 7. The molecule has 0 unspecified atom stereocenters. The third-order valence-corrected chi connectivity index (χ3v) is 7.06. The van der Waals surface area contributed by atoms with Crippen molar-refractivity contribution < 1.29 is 17.7 Å². The van der Waals surface area contributed by atoms with Crippen molar-refractivity contribution in [2.24, 2.45) is 0 Å². The number of aryl methyl sites for hydroxylation is 1. The predicted molar refractivity (Wildman–Crippen MR) is 107 cm³/mol. The highest BCUT2D eigenvalue weighted by atomic mass is 32.2. The summed E-state index contributed by atoms with van der Waals surface area (Å²) >= 11 is 1.37. The molecule has 0 radical (unpaired) electrons. The van der Waals surface area contributed by atoms with Gasteiger partial charge in [0.25, 0.3) is 11.8 Å². The molecule has 2 aromatic heterocycles. The van der Waals surface area contributed by atoms with Gasteiger partial charge < -0.3 is 9.84 Å². The highest BCUT2D eigenvalue weighted by molar-refractivity contribution is 7.89. The molecule has 0 fully saturated rings. The Bertz CT molecular complexity index is 1070. The van der Waals surface area contributed by atoms with Gasteiger partial charge in [0.15, 0.2) is 5.82 Å². The zero-order valence-electron chi connectivity index (χ0n) is 15.7. The largest absolute Gasteiger partial charge is 0.333 e. The zero-order valence-corrected chi connectivity index (χ0v) is 17.3. The number of thiophene rings is 1. The number of nitrogens with zero attached hydrogens (tertiary/aromatic N) is 3. The molecule has 8 nitrogen and oxygen atoms in total. The monoisotopic (exact) mass is 420 g/mol. The van der Waals surface area contributed by atoms with E-state index in [1.807, 2.05) is 5.38 Å². The Morgan fingerprint density at radius 2 is 1.86 bits per heavy atom. The summed E-state index contributed by atoms with van der Waals surface area (Å²) in [4.78, 5) is 17.6. The van der Waals surface area contributed by atoms with E-state index >= 15 is 0 Å². The first kappa shape index (κ1) is 20.2. The maximum absolute atomic E-state index is 12.6. The van der Waals surface area contributed by atoms with Crippen molar-refractivity contribution in [2.75, 3.05) is 18.4 Å². The molecule has 0 saturated heterocycles. The van der Waals surface area contributed by atoms with Gasteiger partial charge in [0, 0.05) is 18.7 Å². The van der Waals surface area contributed by atoms with Gasteiger partial charge in [-0.2, -0.15) is 9.29 Å². The Morgan fingerprint density at radius 1 is 1.18 bits per heavy atom. The Balaban J connectivity index is 1.79. The molecule has 148 valence electrons. The second-order valence-electron chi connectivity index (χ2n) is 5.88. The van der Waals surface area contributed by atoms with Crippen molar-refractivity contribution in [2.45, 2.75) is 25.7 Å². The molecule has 2 heterocycles. The second-order valence-corrected chi connectivity index (χ2v) is 8.73. The van der Waals surface area contributed by atoms with E-state index in [1.54, 1.807) is 26.8 Å². The van der Waals surface area contributed by atoms with E-state index in [9.17, 15) is 13.2 Å². The SMILES string of the molecule is CCN(CC)S(=O)(=O)c1ccc(C(=O)Nc2ccsc2-c2nc(C)no2)cc1. The minimum atomic E-state index is -3.56. The highest BCUT2D eigenvalue weighted by Crippen LogP contribution is 2.32. The molecule has 1 aromatic carbocycles. The first-order valence-corrected chi connectivity index (χ1v) is 11.0.